The lowest BCUT2D eigenvalue weighted by Gasteiger charge is -2.28. The standard InChI is InChI=1S/C16H18N4O3/c1-22-13-4-2-3-5-14(13)23-10-15(21)20-7-6-11-8-18-16(17)19-12(11)9-20/h2-5,8H,6-7,9-10H2,1H3,(H2,17,18,19). The Morgan fingerprint density at radius 2 is 2.13 bits per heavy atom. The summed E-state index contributed by atoms with van der Waals surface area (Å²) in [5.41, 5.74) is 7.44. The molecule has 0 spiro atoms. The number of hydrogen-bond donors (Lipinski definition) is 1. The van der Waals surface area contributed by atoms with Crippen LogP contribution < -0.4 is 15.2 Å². The molecule has 0 bridgehead atoms. The number of nitrogens with zero attached hydrogens (tertiary/aromatic N) is 3. The number of fused-ring (bicyclic) bond motifs is 1. The Kier molecular flexibility index (Phi) is 4.27. The maximum atomic E-state index is 12.4. The third-order valence-corrected chi connectivity index (χ3v) is 3.74. The van der Waals surface area contributed by atoms with Crippen LogP contribution in [-0.4, -0.2) is 41.0 Å². The van der Waals surface area contributed by atoms with Gasteiger partial charge in [-0.3, -0.25) is 4.79 Å². The number of nitrogens with two attached hydrogens (primary N) is 1. The molecule has 2 N–H and O–H groups in total. The Bertz CT molecular complexity index is 720. The molecular formula is C16H18N4O3. The lowest BCUT2D eigenvalue weighted by atomic mass is 10.1. The zero-order valence-corrected chi connectivity index (χ0v) is 12.9. The van der Waals surface area contributed by atoms with Gasteiger partial charge in [-0.2, -0.15) is 0 Å². The fourth-order valence-corrected chi connectivity index (χ4v) is 2.50. The van der Waals surface area contributed by atoms with E-state index in [2.05, 4.69) is 9.97 Å². The maximum absolute atomic E-state index is 12.4. The Labute approximate surface area is 134 Å². The van der Waals surface area contributed by atoms with Crippen LogP contribution >= 0.6 is 0 Å². The first-order chi connectivity index (χ1) is 11.2. The minimum atomic E-state index is -0.0984. The molecule has 1 aromatic heterocycles. The molecule has 7 nitrogen and oxygen atoms in total. The molecule has 3 rings (SSSR count). The first-order valence-corrected chi connectivity index (χ1v) is 7.31. The number of anilines is 1. The van der Waals surface area contributed by atoms with Crippen LogP contribution in [0, 0.1) is 0 Å². The average Bonchev–Trinajstić information content (AvgIpc) is 2.59. The molecule has 1 aliphatic rings. The summed E-state index contributed by atoms with van der Waals surface area (Å²) in [6.45, 7) is 1.00. The monoisotopic (exact) mass is 314 g/mol. The summed E-state index contributed by atoms with van der Waals surface area (Å²) in [6, 6.07) is 7.24. The van der Waals surface area contributed by atoms with Crippen molar-refractivity contribution in [2.24, 2.45) is 0 Å². The number of para-hydroxylation sites is 2. The lowest BCUT2D eigenvalue weighted by Crippen LogP contribution is -2.39. The molecule has 0 aliphatic carbocycles. The highest BCUT2D eigenvalue weighted by Gasteiger charge is 2.22. The number of rotatable bonds is 4. The van der Waals surface area contributed by atoms with Gasteiger partial charge >= 0.3 is 0 Å². The van der Waals surface area contributed by atoms with Gasteiger partial charge in [0.1, 0.15) is 0 Å². The van der Waals surface area contributed by atoms with Gasteiger partial charge in [0, 0.05) is 12.7 Å². The Morgan fingerprint density at radius 1 is 1.35 bits per heavy atom. The number of methoxy groups -OCH3 is 1. The fraction of sp³-hybridized carbons (Fsp3) is 0.312. The van der Waals surface area contributed by atoms with Crippen LogP contribution in [0.5, 0.6) is 11.5 Å². The Morgan fingerprint density at radius 3 is 2.91 bits per heavy atom. The number of hydrogen-bond acceptors (Lipinski definition) is 6. The summed E-state index contributed by atoms with van der Waals surface area (Å²) in [5.74, 6) is 1.28. The number of carbonyl (C=O) groups is 1. The van der Waals surface area contributed by atoms with Crippen molar-refractivity contribution in [3.63, 3.8) is 0 Å². The minimum absolute atomic E-state index is 0.0454. The second-order valence-electron chi connectivity index (χ2n) is 5.20. The van der Waals surface area contributed by atoms with Gasteiger partial charge in [-0.1, -0.05) is 12.1 Å². The summed E-state index contributed by atoms with van der Waals surface area (Å²) in [4.78, 5) is 22.2. The summed E-state index contributed by atoms with van der Waals surface area (Å²) < 4.78 is 10.8. The maximum Gasteiger partial charge on any atom is 0.260 e. The highest BCUT2D eigenvalue weighted by molar-refractivity contribution is 5.78. The normalized spacial score (nSPS) is 13.3. The zero-order valence-electron chi connectivity index (χ0n) is 12.9. The zero-order chi connectivity index (χ0) is 16.2. The highest BCUT2D eigenvalue weighted by Crippen LogP contribution is 2.26. The van der Waals surface area contributed by atoms with Crippen LogP contribution in [0.4, 0.5) is 5.95 Å². The number of nitrogen functional groups attached to an aromatic ring is 1. The second-order valence-corrected chi connectivity index (χ2v) is 5.20. The molecule has 2 aromatic rings. The van der Waals surface area contributed by atoms with Crippen molar-refractivity contribution in [2.45, 2.75) is 13.0 Å². The third-order valence-electron chi connectivity index (χ3n) is 3.74. The van der Waals surface area contributed by atoms with Gasteiger partial charge in [-0.15, -0.1) is 0 Å². The van der Waals surface area contributed by atoms with E-state index in [0.29, 0.717) is 24.6 Å². The average molecular weight is 314 g/mol. The van der Waals surface area contributed by atoms with Crippen LogP contribution in [-0.2, 0) is 17.8 Å². The lowest BCUT2D eigenvalue weighted by molar-refractivity contribution is -0.134. The number of aromatic nitrogens is 2. The number of ether oxygens (including phenoxy) is 2. The molecule has 0 fully saturated rings. The SMILES string of the molecule is COc1ccccc1OCC(=O)N1CCc2cnc(N)nc2C1. The van der Waals surface area contributed by atoms with Crippen molar-refractivity contribution in [2.75, 3.05) is 26.0 Å². The summed E-state index contributed by atoms with van der Waals surface area (Å²) in [6.07, 6.45) is 2.45. The molecule has 120 valence electrons. The largest absolute Gasteiger partial charge is 0.493 e. The molecule has 0 saturated heterocycles. The van der Waals surface area contributed by atoms with Gasteiger partial charge in [0.15, 0.2) is 18.1 Å². The Hall–Kier alpha value is -2.83. The molecule has 0 unspecified atom stereocenters. The molecule has 1 aliphatic heterocycles. The van der Waals surface area contributed by atoms with E-state index < -0.39 is 0 Å². The van der Waals surface area contributed by atoms with Crippen LogP contribution in [0.1, 0.15) is 11.3 Å². The van der Waals surface area contributed by atoms with Crippen molar-refractivity contribution >= 4 is 11.9 Å². The molecule has 2 heterocycles. The van der Waals surface area contributed by atoms with Gasteiger partial charge in [0.2, 0.25) is 5.95 Å². The predicted molar refractivity (Wildman–Crippen MR) is 84.1 cm³/mol. The number of benzene rings is 1. The summed E-state index contributed by atoms with van der Waals surface area (Å²) >= 11 is 0. The van der Waals surface area contributed by atoms with Crippen LogP contribution in [0.25, 0.3) is 0 Å². The van der Waals surface area contributed by atoms with E-state index >= 15 is 0 Å². The summed E-state index contributed by atoms with van der Waals surface area (Å²) in [7, 11) is 1.57. The van der Waals surface area contributed by atoms with E-state index in [9.17, 15) is 4.79 Å². The molecule has 0 radical (unpaired) electrons. The van der Waals surface area contributed by atoms with E-state index in [1.54, 1.807) is 30.3 Å². The van der Waals surface area contributed by atoms with Crippen molar-refractivity contribution < 1.29 is 14.3 Å². The van der Waals surface area contributed by atoms with E-state index in [1.165, 1.54) is 0 Å². The smallest absolute Gasteiger partial charge is 0.260 e. The van der Waals surface area contributed by atoms with Crippen LogP contribution in [0.15, 0.2) is 30.5 Å². The van der Waals surface area contributed by atoms with Crippen molar-refractivity contribution in [3.8, 4) is 11.5 Å². The minimum Gasteiger partial charge on any atom is -0.493 e. The van der Waals surface area contributed by atoms with Gasteiger partial charge in [0.25, 0.3) is 5.91 Å². The van der Waals surface area contributed by atoms with Crippen LogP contribution in [0.2, 0.25) is 0 Å². The van der Waals surface area contributed by atoms with Gasteiger partial charge in [0.05, 0.1) is 19.3 Å². The van der Waals surface area contributed by atoms with Gasteiger partial charge < -0.3 is 20.1 Å². The molecule has 7 heteroatoms. The van der Waals surface area contributed by atoms with Gasteiger partial charge in [-0.05, 0) is 24.1 Å². The summed E-state index contributed by atoms with van der Waals surface area (Å²) in [5, 5.41) is 0. The van der Waals surface area contributed by atoms with E-state index in [-0.39, 0.29) is 18.5 Å². The quantitative estimate of drug-likeness (QED) is 0.906. The number of carbonyl (C=O) groups excluding carboxylic acids is 1. The number of amides is 1. The first kappa shape index (κ1) is 15.1. The van der Waals surface area contributed by atoms with Gasteiger partial charge in [-0.25, -0.2) is 9.97 Å². The second kappa shape index (κ2) is 6.51. The van der Waals surface area contributed by atoms with E-state index in [0.717, 1.165) is 17.7 Å². The highest BCUT2D eigenvalue weighted by atomic mass is 16.5. The molecule has 0 atom stereocenters. The van der Waals surface area contributed by atoms with Crippen molar-refractivity contribution in [1.82, 2.24) is 14.9 Å². The molecular weight excluding hydrogens is 296 g/mol. The predicted octanol–water partition coefficient (Wildman–Crippen LogP) is 1.03. The molecule has 1 amide bonds. The van der Waals surface area contributed by atoms with E-state index in [1.807, 2.05) is 12.1 Å². The fourth-order valence-electron chi connectivity index (χ4n) is 2.50. The molecule has 23 heavy (non-hydrogen) atoms. The first-order valence-electron chi connectivity index (χ1n) is 7.31. The Balaban J connectivity index is 1.63. The molecule has 0 saturated carbocycles. The van der Waals surface area contributed by atoms with Crippen molar-refractivity contribution in [3.05, 3.63) is 41.7 Å². The molecule has 1 aromatic carbocycles. The van der Waals surface area contributed by atoms with Crippen molar-refractivity contribution in [1.29, 1.82) is 0 Å². The third kappa shape index (κ3) is 3.33. The topological polar surface area (TPSA) is 90.6 Å². The van der Waals surface area contributed by atoms with E-state index in [4.69, 9.17) is 15.2 Å². The van der Waals surface area contributed by atoms with Crippen LogP contribution in [0.3, 0.4) is 0 Å².